The zero-order valence-corrected chi connectivity index (χ0v) is 76.6. The molecule has 4 nitrogen and oxygen atoms in total. The Morgan fingerprint density at radius 2 is 0.343 bits per heavy atom. The minimum atomic E-state index is 1.15. The molecule has 4 heteroatoms. The topological polar surface area (TPSA) is 19.7 Å². The van der Waals surface area contributed by atoms with E-state index in [1.54, 1.807) is 0 Å². The summed E-state index contributed by atoms with van der Waals surface area (Å²) in [6, 6.07) is 197. The Labute approximate surface area is 810 Å². The van der Waals surface area contributed by atoms with Gasteiger partial charge in [0, 0.05) is 65.8 Å². The lowest BCUT2D eigenvalue weighted by atomic mass is 9.82. The summed E-state index contributed by atoms with van der Waals surface area (Å²) in [5.74, 6) is 0. The number of fused-ring (bicyclic) bond motifs is 16. The van der Waals surface area contributed by atoms with E-state index >= 15 is 0 Å². The lowest BCUT2D eigenvalue weighted by molar-refractivity contribution is 1.18. The quantitative estimate of drug-likeness (QED) is 0.0967. The molecule has 0 fully saturated rings. The van der Waals surface area contributed by atoms with Crippen LogP contribution in [0.15, 0.2) is 534 Å². The molecule has 28 aromatic rings. The fourth-order valence-corrected chi connectivity index (χ4v) is 22.9. The van der Waals surface area contributed by atoms with E-state index in [2.05, 4.69) is 552 Å². The molecule has 0 amide bonds. The van der Waals surface area contributed by atoms with Crippen LogP contribution in [-0.2, 0) is 0 Å². The average molecular weight is 1780 g/mol. The van der Waals surface area contributed by atoms with Crippen LogP contribution in [0.4, 0.5) is 0 Å². The molecule has 652 valence electrons. The largest absolute Gasteiger partial charge is 0.309 e. The van der Waals surface area contributed by atoms with E-state index in [-0.39, 0.29) is 0 Å². The minimum absolute atomic E-state index is 1.15. The molecule has 0 saturated heterocycles. The normalized spacial score (nSPS) is 11.7. The second-order valence-electron chi connectivity index (χ2n) is 36.7. The molecule has 4 aromatic heterocycles. The molecule has 0 unspecified atom stereocenters. The van der Waals surface area contributed by atoms with Gasteiger partial charge in [-0.05, 0) is 288 Å². The Hall–Kier alpha value is -18.5. The van der Waals surface area contributed by atoms with Crippen LogP contribution in [0.5, 0.6) is 0 Å². The van der Waals surface area contributed by atoms with Crippen LogP contribution in [0.25, 0.3) is 264 Å². The molecule has 0 radical (unpaired) electrons. The van der Waals surface area contributed by atoms with Crippen molar-refractivity contribution in [3.05, 3.63) is 534 Å². The van der Waals surface area contributed by atoms with Gasteiger partial charge in [0.25, 0.3) is 0 Å². The third-order valence-corrected chi connectivity index (χ3v) is 29.0. The molecule has 0 N–H and O–H groups in total. The molecule has 24 aromatic carbocycles. The highest BCUT2D eigenvalue weighted by molar-refractivity contribution is 6.27. The van der Waals surface area contributed by atoms with Crippen LogP contribution in [0, 0.1) is 0 Å². The van der Waals surface area contributed by atoms with E-state index in [0.717, 1.165) is 22.7 Å². The summed E-state index contributed by atoms with van der Waals surface area (Å²) in [6.07, 6.45) is 0. The van der Waals surface area contributed by atoms with Crippen molar-refractivity contribution in [2.75, 3.05) is 0 Å². The molecular weight excluding hydrogens is 1690 g/mol. The van der Waals surface area contributed by atoms with Gasteiger partial charge in [-0.3, -0.25) is 0 Å². The van der Waals surface area contributed by atoms with Crippen LogP contribution in [0.2, 0.25) is 0 Å². The maximum Gasteiger partial charge on any atom is 0.0547 e. The van der Waals surface area contributed by atoms with Crippen molar-refractivity contribution in [1.82, 2.24) is 18.3 Å². The van der Waals surface area contributed by atoms with Gasteiger partial charge in [0.15, 0.2) is 0 Å². The molecule has 0 aliphatic rings. The standard InChI is InChI=1S/2C68H44N2/c1-5-21-45(22-6-1)47-41-42-50(46-23-7-2-8-24-46)61(43-47)66-55-33-17-31-51(53-35-19-39-64-67(53)57-29-13-15-37-62(57)69(64)48-25-9-3-10-26-48)59(55)44-60-52(32-18-34-56(60)66)54-36-20-40-65-68(54)58-30-14-16-38-63(58)70(65)49-27-11-4-12-28-49;1-5-19-45(20-6-1)47-35-38-54(46-21-7-2-8-22-46)63(41-47)68-57-31-17-29-52(48-36-39-66-61(42-48)55-27-13-15-33-64(55)69(66)50-23-9-3-10-24-50)59(57)44-60-53(30-18-32-58(60)68)49-37-40-67-62(43-49)56-28-14-16-34-65(56)70(67)51-25-11-4-12-26-51/h2*1-44H. The van der Waals surface area contributed by atoms with Gasteiger partial charge >= 0.3 is 0 Å². The third kappa shape index (κ3) is 13.4. The Morgan fingerprint density at radius 1 is 0.100 bits per heavy atom. The predicted octanol–water partition coefficient (Wildman–Crippen LogP) is 37.0. The smallest absolute Gasteiger partial charge is 0.0547 e. The zero-order valence-electron chi connectivity index (χ0n) is 76.6. The van der Waals surface area contributed by atoms with Gasteiger partial charge < -0.3 is 18.3 Å². The summed E-state index contributed by atoms with van der Waals surface area (Å²) in [7, 11) is 0. The van der Waals surface area contributed by atoms with Crippen LogP contribution >= 0.6 is 0 Å². The average Bonchev–Trinajstić information content (AvgIpc) is 1.25. The maximum absolute atomic E-state index is 2.51. The van der Waals surface area contributed by atoms with Gasteiger partial charge in [-0.15, -0.1) is 0 Å². The Morgan fingerprint density at radius 3 is 0.693 bits per heavy atom. The minimum Gasteiger partial charge on any atom is -0.309 e. The van der Waals surface area contributed by atoms with Crippen molar-refractivity contribution in [3.63, 3.8) is 0 Å². The molecule has 4 heterocycles. The number of hydrogen-bond acceptors (Lipinski definition) is 0. The van der Waals surface area contributed by atoms with Crippen LogP contribution in [0.3, 0.4) is 0 Å². The molecule has 0 saturated carbocycles. The Balaban J connectivity index is 0.000000141. The van der Waals surface area contributed by atoms with E-state index in [4.69, 9.17) is 0 Å². The first-order chi connectivity index (χ1) is 69.5. The van der Waals surface area contributed by atoms with E-state index < -0.39 is 0 Å². The summed E-state index contributed by atoms with van der Waals surface area (Å²) >= 11 is 0. The third-order valence-electron chi connectivity index (χ3n) is 29.0. The van der Waals surface area contributed by atoms with Crippen LogP contribution in [0.1, 0.15) is 0 Å². The first-order valence-electron chi connectivity index (χ1n) is 48.3. The van der Waals surface area contributed by atoms with E-state index in [1.165, 1.54) is 242 Å². The van der Waals surface area contributed by atoms with Crippen molar-refractivity contribution >= 4 is 130 Å². The van der Waals surface area contributed by atoms with Gasteiger partial charge in [-0.25, -0.2) is 0 Å². The fraction of sp³-hybridized carbons (Fsp3) is 0. The number of benzene rings is 24. The second kappa shape index (κ2) is 33.9. The molecule has 28 rings (SSSR count). The van der Waals surface area contributed by atoms with Crippen molar-refractivity contribution in [2.45, 2.75) is 0 Å². The number of aromatic nitrogens is 4. The van der Waals surface area contributed by atoms with E-state index in [1.807, 2.05) is 0 Å². The van der Waals surface area contributed by atoms with Gasteiger partial charge in [-0.2, -0.15) is 0 Å². The molecule has 0 spiro atoms. The number of para-hydroxylation sites is 8. The summed E-state index contributed by atoms with van der Waals surface area (Å²) in [5.41, 5.74) is 38.2. The molecular formula is C136H88N4. The lowest BCUT2D eigenvalue weighted by Crippen LogP contribution is -1.95. The molecule has 0 atom stereocenters. The Bertz CT molecular complexity index is 9330. The van der Waals surface area contributed by atoms with Gasteiger partial charge in [0.05, 0.1) is 44.1 Å². The van der Waals surface area contributed by atoms with E-state index in [0.29, 0.717) is 0 Å². The molecule has 0 aliphatic heterocycles. The first kappa shape index (κ1) is 81.1. The number of hydrogen-bond donors (Lipinski definition) is 0. The first-order valence-corrected chi connectivity index (χ1v) is 48.3. The second-order valence-corrected chi connectivity index (χ2v) is 36.7. The highest BCUT2D eigenvalue weighted by Gasteiger charge is 2.28. The number of nitrogens with zero attached hydrogens (tertiary/aromatic N) is 4. The summed E-state index contributed by atoms with van der Waals surface area (Å²) in [5, 5.41) is 19.7. The SMILES string of the molecule is c1ccc(-c2ccc(-c3ccccc3)c(-c3c4cccc(-c5ccc6c(c5)c5ccccc5n6-c5ccccc5)c4cc4c(-c5ccc6c(c5)c5ccccc5n6-c5ccccc5)cccc34)c2)cc1.c1ccc(-c2ccc(-c3ccccc3)c(-c3c4cccc(-c5cccc6c5c5ccccc5n6-c5ccccc5)c4cc4c(-c5cccc6c5c5ccccc5n6-c5ccccc5)cccc34)c2)cc1. The van der Waals surface area contributed by atoms with Crippen molar-refractivity contribution in [3.8, 4) is 134 Å². The van der Waals surface area contributed by atoms with Crippen LogP contribution in [-0.4, -0.2) is 18.3 Å². The lowest BCUT2D eigenvalue weighted by Gasteiger charge is -2.21. The zero-order chi connectivity index (χ0) is 92.2. The van der Waals surface area contributed by atoms with E-state index in [9.17, 15) is 0 Å². The van der Waals surface area contributed by atoms with Crippen molar-refractivity contribution < 1.29 is 0 Å². The number of rotatable bonds is 14. The van der Waals surface area contributed by atoms with Crippen molar-refractivity contribution in [1.29, 1.82) is 0 Å². The molecule has 0 bridgehead atoms. The van der Waals surface area contributed by atoms with Crippen molar-refractivity contribution in [2.24, 2.45) is 0 Å². The van der Waals surface area contributed by atoms with Gasteiger partial charge in [0.2, 0.25) is 0 Å². The summed E-state index contributed by atoms with van der Waals surface area (Å²) in [6.45, 7) is 0. The highest BCUT2D eigenvalue weighted by atomic mass is 15.0. The summed E-state index contributed by atoms with van der Waals surface area (Å²) in [4.78, 5) is 0. The van der Waals surface area contributed by atoms with Gasteiger partial charge in [0.1, 0.15) is 0 Å². The molecule has 140 heavy (non-hydrogen) atoms. The Kier molecular flexibility index (Phi) is 19.6. The highest BCUT2D eigenvalue weighted by Crippen LogP contribution is 2.53. The molecule has 0 aliphatic carbocycles. The van der Waals surface area contributed by atoms with Crippen LogP contribution < -0.4 is 0 Å². The monoisotopic (exact) mass is 1780 g/mol. The fourth-order valence-electron chi connectivity index (χ4n) is 22.9. The maximum atomic E-state index is 2.51. The summed E-state index contributed by atoms with van der Waals surface area (Å²) < 4.78 is 9.64. The van der Waals surface area contributed by atoms with Gasteiger partial charge in [-0.1, -0.05) is 400 Å². The predicted molar refractivity (Wildman–Crippen MR) is 595 cm³/mol.